The average Bonchev–Trinajstić information content (AvgIpc) is 2.36. The maximum Gasteiger partial charge on any atom is 0.416 e. The van der Waals surface area contributed by atoms with Crippen LogP contribution in [0.4, 0.5) is 26.3 Å². The molecule has 0 aliphatic carbocycles. The molecular weight excluding hydrogens is 298 g/mol. The predicted octanol–water partition coefficient (Wildman–Crippen LogP) is 4.20. The number of aliphatic hydroxyl groups is 1. The lowest BCUT2D eigenvalue weighted by Crippen LogP contribution is -2.10. The van der Waals surface area contributed by atoms with E-state index in [0.29, 0.717) is 18.2 Å². The molecule has 7 heteroatoms. The van der Waals surface area contributed by atoms with Crippen LogP contribution < -0.4 is 0 Å². The van der Waals surface area contributed by atoms with Gasteiger partial charge in [0, 0.05) is 12.1 Å². The molecule has 1 unspecified atom stereocenters. The van der Waals surface area contributed by atoms with Crippen molar-refractivity contribution in [3.05, 3.63) is 70.5 Å². The molecule has 21 heavy (non-hydrogen) atoms. The molecule has 112 valence electrons. The van der Waals surface area contributed by atoms with Crippen molar-refractivity contribution < 1.29 is 31.4 Å². The first-order valence-corrected chi connectivity index (χ1v) is 5.70. The summed E-state index contributed by atoms with van der Waals surface area (Å²) >= 11 is 0. The third-order valence-electron chi connectivity index (χ3n) is 2.85. The highest BCUT2D eigenvalue weighted by Crippen LogP contribution is 2.33. The van der Waals surface area contributed by atoms with Crippen molar-refractivity contribution >= 4 is 0 Å². The van der Waals surface area contributed by atoms with Crippen LogP contribution in [0.15, 0.2) is 36.4 Å². The number of benzene rings is 2. The maximum atomic E-state index is 13.5. The molecule has 2 aromatic rings. The number of hydrogen-bond donors (Lipinski definition) is 1. The number of hydrogen-bond acceptors (Lipinski definition) is 1. The number of halogens is 6. The second-order valence-electron chi connectivity index (χ2n) is 4.31. The van der Waals surface area contributed by atoms with E-state index >= 15 is 0 Å². The van der Waals surface area contributed by atoms with Gasteiger partial charge in [-0.1, -0.05) is 12.1 Å². The van der Waals surface area contributed by atoms with Crippen LogP contribution in [0.2, 0.25) is 0 Å². The quantitative estimate of drug-likeness (QED) is 0.824. The Hall–Kier alpha value is -2.02. The molecule has 0 amide bonds. The van der Waals surface area contributed by atoms with Crippen molar-refractivity contribution in [1.82, 2.24) is 0 Å². The molecule has 0 bridgehead atoms. The summed E-state index contributed by atoms with van der Waals surface area (Å²) in [5, 5.41) is 9.86. The van der Waals surface area contributed by atoms with Crippen LogP contribution in [0.3, 0.4) is 0 Å². The van der Waals surface area contributed by atoms with Crippen LogP contribution in [0.25, 0.3) is 0 Å². The minimum absolute atomic E-state index is 0.343. The second-order valence-corrected chi connectivity index (χ2v) is 4.31. The highest BCUT2D eigenvalue weighted by Gasteiger charge is 2.31. The molecule has 0 saturated carbocycles. The van der Waals surface area contributed by atoms with Gasteiger partial charge in [0.25, 0.3) is 0 Å². The van der Waals surface area contributed by atoms with Gasteiger partial charge >= 0.3 is 6.18 Å². The number of aliphatic hydroxyl groups excluding tert-OH is 1. The van der Waals surface area contributed by atoms with Crippen LogP contribution in [0.5, 0.6) is 0 Å². The summed E-state index contributed by atoms with van der Waals surface area (Å²) in [6.07, 6.45) is -6.64. The zero-order valence-corrected chi connectivity index (χ0v) is 10.3. The van der Waals surface area contributed by atoms with E-state index in [1.165, 1.54) is 0 Å². The zero-order valence-electron chi connectivity index (χ0n) is 10.3. The van der Waals surface area contributed by atoms with Gasteiger partial charge in [0.05, 0.1) is 11.1 Å². The Morgan fingerprint density at radius 2 is 1.48 bits per heavy atom. The standard InChI is InChI=1S/C14H8F6O/c15-9-5-10(16)12(11(17)6-9)13(21)7-2-1-3-8(4-7)14(18,19)20/h1-6,13,21H. The van der Waals surface area contributed by atoms with Crippen LogP contribution in [-0.4, -0.2) is 5.11 Å². The molecule has 0 radical (unpaired) electrons. The first-order chi connectivity index (χ1) is 9.70. The van der Waals surface area contributed by atoms with Crippen molar-refractivity contribution in [3.8, 4) is 0 Å². The Balaban J connectivity index is 2.48. The second kappa shape index (κ2) is 5.40. The summed E-state index contributed by atoms with van der Waals surface area (Å²) < 4.78 is 77.5. The Morgan fingerprint density at radius 1 is 0.905 bits per heavy atom. The fourth-order valence-electron chi connectivity index (χ4n) is 1.87. The van der Waals surface area contributed by atoms with Gasteiger partial charge in [-0.25, -0.2) is 13.2 Å². The number of alkyl halides is 3. The van der Waals surface area contributed by atoms with Crippen LogP contribution in [0, 0.1) is 17.5 Å². The molecule has 0 fully saturated rings. The molecule has 0 heterocycles. The first kappa shape index (κ1) is 15.4. The molecule has 0 spiro atoms. The Bertz CT molecular complexity index is 642. The lowest BCUT2D eigenvalue weighted by atomic mass is 9.98. The van der Waals surface area contributed by atoms with Crippen LogP contribution in [0.1, 0.15) is 22.8 Å². The highest BCUT2D eigenvalue weighted by atomic mass is 19.4. The average molecular weight is 306 g/mol. The molecule has 2 rings (SSSR count). The summed E-state index contributed by atoms with van der Waals surface area (Å²) in [6.45, 7) is 0. The lowest BCUT2D eigenvalue weighted by Gasteiger charge is -2.15. The Kier molecular flexibility index (Phi) is 3.95. The van der Waals surface area contributed by atoms with Crippen molar-refractivity contribution in [1.29, 1.82) is 0 Å². The van der Waals surface area contributed by atoms with Crippen LogP contribution in [-0.2, 0) is 6.18 Å². The molecule has 0 aliphatic heterocycles. The van der Waals surface area contributed by atoms with Gasteiger partial charge in [-0.05, 0) is 17.7 Å². The van der Waals surface area contributed by atoms with Gasteiger partial charge in [-0.2, -0.15) is 13.2 Å². The Labute approximate surface area is 115 Å². The maximum absolute atomic E-state index is 13.5. The van der Waals surface area contributed by atoms with Crippen LogP contribution >= 0.6 is 0 Å². The molecular formula is C14H8F6O. The van der Waals surface area contributed by atoms with E-state index in [4.69, 9.17) is 0 Å². The normalized spacial score (nSPS) is 13.3. The van der Waals surface area contributed by atoms with Gasteiger partial charge < -0.3 is 5.11 Å². The van der Waals surface area contributed by atoms with Gasteiger partial charge in [-0.3, -0.25) is 0 Å². The van der Waals surface area contributed by atoms with E-state index in [2.05, 4.69) is 0 Å². The summed E-state index contributed by atoms with van der Waals surface area (Å²) in [7, 11) is 0. The fraction of sp³-hybridized carbons (Fsp3) is 0.143. The topological polar surface area (TPSA) is 20.2 Å². The monoisotopic (exact) mass is 306 g/mol. The summed E-state index contributed by atoms with van der Waals surface area (Å²) in [4.78, 5) is 0. The largest absolute Gasteiger partial charge is 0.416 e. The Morgan fingerprint density at radius 3 is 2.00 bits per heavy atom. The van der Waals surface area contributed by atoms with Gasteiger partial charge in [-0.15, -0.1) is 0 Å². The van der Waals surface area contributed by atoms with Crippen molar-refractivity contribution in [2.24, 2.45) is 0 Å². The molecule has 2 aromatic carbocycles. The summed E-state index contributed by atoms with van der Waals surface area (Å²) in [5.74, 6) is -3.94. The van der Waals surface area contributed by atoms with Gasteiger partial charge in [0.1, 0.15) is 23.6 Å². The summed E-state index contributed by atoms with van der Waals surface area (Å²) in [6, 6.07) is 4.10. The summed E-state index contributed by atoms with van der Waals surface area (Å²) in [5.41, 5.74) is -2.33. The molecule has 1 nitrogen and oxygen atoms in total. The van der Waals surface area contributed by atoms with Crippen molar-refractivity contribution in [2.75, 3.05) is 0 Å². The minimum Gasteiger partial charge on any atom is -0.383 e. The van der Waals surface area contributed by atoms with E-state index in [0.717, 1.165) is 18.2 Å². The molecule has 0 aromatic heterocycles. The fourth-order valence-corrected chi connectivity index (χ4v) is 1.87. The van der Waals surface area contributed by atoms with Crippen molar-refractivity contribution in [2.45, 2.75) is 12.3 Å². The third kappa shape index (κ3) is 3.18. The minimum atomic E-state index is -4.66. The molecule has 1 atom stereocenters. The van der Waals surface area contributed by atoms with Crippen molar-refractivity contribution in [3.63, 3.8) is 0 Å². The zero-order chi connectivity index (χ0) is 15.8. The third-order valence-corrected chi connectivity index (χ3v) is 2.85. The molecule has 1 N–H and O–H groups in total. The SMILES string of the molecule is OC(c1cccc(C(F)(F)F)c1)c1c(F)cc(F)cc1F. The number of rotatable bonds is 2. The van der Waals surface area contributed by atoms with E-state index in [1.54, 1.807) is 0 Å². The molecule has 0 saturated heterocycles. The van der Waals surface area contributed by atoms with E-state index in [1.807, 2.05) is 0 Å². The first-order valence-electron chi connectivity index (χ1n) is 5.70. The predicted molar refractivity (Wildman–Crippen MR) is 61.8 cm³/mol. The van der Waals surface area contributed by atoms with Gasteiger partial charge in [0.2, 0.25) is 0 Å². The smallest absolute Gasteiger partial charge is 0.383 e. The van der Waals surface area contributed by atoms with E-state index in [9.17, 15) is 31.4 Å². The van der Waals surface area contributed by atoms with Gasteiger partial charge in [0.15, 0.2) is 0 Å². The van der Waals surface area contributed by atoms with E-state index in [-0.39, 0.29) is 5.56 Å². The molecule has 0 aliphatic rings. The van der Waals surface area contributed by atoms with E-state index < -0.39 is 40.9 Å². The lowest BCUT2D eigenvalue weighted by molar-refractivity contribution is -0.137. The highest BCUT2D eigenvalue weighted by molar-refractivity contribution is 5.35.